The van der Waals surface area contributed by atoms with Gasteiger partial charge in [0, 0.05) is 55.5 Å². The van der Waals surface area contributed by atoms with Crippen LogP contribution in [-0.4, -0.2) is 79.2 Å². The molecule has 4 aromatic heterocycles. The summed E-state index contributed by atoms with van der Waals surface area (Å²) in [6.45, 7) is 3.49. The highest BCUT2D eigenvalue weighted by molar-refractivity contribution is 7.90. The predicted octanol–water partition coefficient (Wildman–Crippen LogP) is 4.14. The van der Waals surface area contributed by atoms with Gasteiger partial charge in [-0.1, -0.05) is 6.92 Å². The Morgan fingerprint density at radius 2 is 1.86 bits per heavy atom. The van der Waals surface area contributed by atoms with Crippen molar-refractivity contribution < 1.29 is 8.42 Å². The van der Waals surface area contributed by atoms with Crippen molar-refractivity contribution in [2.24, 2.45) is 12.5 Å². The first-order valence-electron chi connectivity index (χ1n) is 14.4. The number of hydrogen-bond donors (Lipinski definition) is 2. The summed E-state index contributed by atoms with van der Waals surface area (Å²) in [6, 6.07) is 6.10. The molecule has 6 rings (SSSR count). The van der Waals surface area contributed by atoms with Crippen molar-refractivity contribution >= 4 is 27.3 Å². The maximum atomic E-state index is 12.6. The number of rotatable bonds is 10. The molecule has 4 heterocycles. The Hall–Kier alpha value is -3.84. The van der Waals surface area contributed by atoms with Crippen LogP contribution >= 0.6 is 0 Å². The molecule has 222 valence electrons. The van der Waals surface area contributed by atoms with Crippen LogP contribution in [0.3, 0.4) is 0 Å². The maximum absolute atomic E-state index is 12.6. The van der Waals surface area contributed by atoms with Gasteiger partial charge in [-0.05, 0) is 70.2 Å². The lowest BCUT2D eigenvalue weighted by molar-refractivity contribution is 0.149. The number of nitrogens with zero attached hydrogens (tertiary/aromatic N) is 8. The molecule has 0 atom stereocenters. The van der Waals surface area contributed by atoms with Crippen LogP contribution in [0.15, 0.2) is 49.2 Å². The average molecular weight is 591 g/mol. The summed E-state index contributed by atoms with van der Waals surface area (Å²) < 4.78 is 27.9. The summed E-state index contributed by atoms with van der Waals surface area (Å²) in [7, 11) is 2.74. The molecule has 12 nitrogen and oxygen atoms in total. The Morgan fingerprint density at radius 1 is 1.07 bits per heavy atom. The van der Waals surface area contributed by atoms with E-state index in [0.717, 1.165) is 40.4 Å². The van der Waals surface area contributed by atoms with Gasteiger partial charge in [0.2, 0.25) is 0 Å². The molecule has 0 amide bonds. The fourth-order valence-electron chi connectivity index (χ4n) is 5.78. The molecular weight excluding hydrogens is 552 g/mol. The van der Waals surface area contributed by atoms with E-state index in [-0.39, 0.29) is 5.25 Å². The van der Waals surface area contributed by atoms with Gasteiger partial charge in [0.15, 0.2) is 5.82 Å². The first-order valence-corrected chi connectivity index (χ1v) is 15.9. The fraction of sp³-hybridized carbons (Fsp3) is 0.483. The summed E-state index contributed by atoms with van der Waals surface area (Å²) in [4.78, 5) is 15.9. The van der Waals surface area contributed by atoms with E-state index in [1.165, 1.54) is 25.2 Å². The van der Waals surface area contributed by atoms with Crippen LogP contribution in [0.25, 0.3) is 22.6 Å². The Labute approximate surface area is 246 Å². The molecule has 0 unspecified atom stereocenters. The number of aryl methyl sites for hydroxylation is 1. The third-order valence-electron chi connectivity index (χ3n) is 8.08. The van der Waals surface area contributed by atoms with E-state index in [0.29, 0.717) is 47.3 Å². The highest BCUT2D eigenvalue weighted by Crippen LogP contribution is 2.39. The molecule has 0 radical (unpaired) electrons. The molecule has 0 aromatic carbocycles. The molecule has 2 aliphatic carbocycles. The SMILES string of the molecule is CN(C)CC1(C)CCC(Nc2cc(Nc3ccnc(-c4cnn(S(=O)(=O)C5CC5)c4)n3)ncc2-c2ccn(C)n2)CC1. The van der Waals surface area contributed by atoms with Gasteiger partial charge in [-0.15, -0.1) is 0 Å². The third-order valence-corrected chi connectivity index (χ3v) is 10.1. The molecule has 2 fully saturated rings. The van der Waals surface area contributed by atoms with Crippen molar-refractivity contribution in [1.29, 1.82) is 0 Å². The highest BCUT2D eigenvalue weighted by atomic mass is 32.2. The van der Waals surface area contributed by atoms with Crippen molar-refractivity contribution in [1.82, 2.24) is 38.8 Å². The molecule has 0 bridgehead atoms. The van der Waals surface area contributed by atoms with Crippen LogP contribution in [0.1, 0.15) is 45.4 Å². The molecule has 0 saturated heterocycles. The molecule has 0 aliphatic heterocycles. The van der Waals surface area contributed by atoms with Crippen LogP contribution < -0.4 is 10.6 Å². The van der Waals surface area contributed by atoms with Crippen molar-refractivity contribution in [2.45, 2.75) is 56.7 Å². The van der Waals surface area contributed by atoms with Crippen LogP contribution in [0, 0.1) is 5.41 Å². The summed E-state index contributed by atoms with van der Waals surface area (Å²) in [5, 5.41) is 15.4. The molecule has 2 aliphatic rings. The standard InChI is InChI=1S/C29H38N10O2S/c1-29(19-37(2)3)11-7-21(8-12-29)33-25-15-27(31-17-23(25)24-10-14-38(4)36-24)34-26-9-13-30-28(35-26)20-16-32-39(18-20)42(40,41)22-5-6-22/h9-10,13-18,21-22H,5-8,11-12,19H2,1-4H3,(H2,30,31,33,34,35). The zero-order valence-electron chi connectivity index (χ0n) is 24.5. The van der Waals surface area contributed by atoms with E-state index in [2.05, 4.69) is 61.7 Å². The van der Waals surface area contributed by atoms with Gasteiger partial charge < -0.3 is 15.5 Å². The normalized spacial score (nSPS) is 21.0. The molecule has 4 aromatic rings. The lowest BCUT2D eigenvalue weighted by Crippen LogP contribution is -2.38. The van der Waals surface area contributed by atoms with E-state index in [1.807, 2.05) is 31.6 Å². The second-order valence-corrected chi connectivity index (χ2v) is 14.3. The van der Waals surface area contributed by atoms with Gasteiger partial charge in [-0.25, -0.2) is 23.4 Å². The average Bonchev–Trinajstić information content (AvgIpc) is 3.54. The van der Waals surface area contributed by atoms with Crippen molar-refractivity contribution in [3.8, 4) is 22.6 Å². The number of pyridine rings is 1. The summed E-state index contributed by atoms with van der Waals surface area (Å²) in [6.07, 6.45) is 14.2. The van der Waals surface area contributed by atoms with E-state index >= 15 is 0 Å². The van der Waals surface area contributed by atoms with E-state index in [9.17, 15) is 8.42 Å². The molecular formula is C29H38N10O2S. The molecule has 13 heteroatoms. The number of hydrogen-bond acceptors (Lipinski definition) is 10. The summed E-state index contributed by atoms with van der Waals surface area (Å²) >= 11 is 0. The van der Waals surface area contributed by atoms with Gasteiger partial charge in [-0.3, -0.25) is 4.68 Å². The van der Waals surface area contributed by atoms with Crippen LogP contribution in [0.5, 0.6) is 0 Å². The molecule has 2 N–H and O–H groups in total. The summed E-state index contributed by atoms with van der Waals surface area (Å²) in [5.74, 6) is 1.55. The molecule has 0 spiro atoms. The zero-order chi connectivity index (χ0) is 29.5. The number of aromatic nitrogens is 7. The smallest absolute Gasteiger partial charge is 0.256 e. The lowest BCUT2D eigenvalue weighted by Gasteiger charge is -2.39. The van der Waals surface area contributed by atoms with Crippen LogP contribution in [0.4, 0.5) is 17.3 Å². The van der Waals surface area contributed by atoms with Gasteiger partial charge in [0.05, 0.1) is 28.9 Å². The Morgan fingerprint density at radius 3 is 2.55 bits per heavy atom. The quantitative estimate of drug-likeness (QED) is 0.277. The topological polar surface area (TPSA) is 136 Å². The molecule has 42 heavy (non-hydrogen) atoms. The number of anilines is 3. The number of nitrogens with one attached hydrogen (secondary N) is 2. The van der Waals surface area contributed by atoms with Gasteiger partial charge in [0.25, 0.3) is 10.0 Å². The fourth-order valence-corrected chi connectivity index (χ4v) is 7.26. The predicted molar refractivity (Wildman–Crippen MR) is 163 cm³/mol. The second-order valence-electron chi connectivity index (χ2n) is 12.2. The lowest BCUT2D eigenvalue weighted by atomic mass is 9.73. The maximum Gasteiger partial charge on any atom is 0.256 e. The largest absolute Gasteiger partial charge is 0.382 e. The first-order chi connectivity index (χ1) is 20.1. The summed E-state index contributed by atoms with van der Waals surface area (Å²) in [5.41, 5.74) is 3.63. The van der Waals surface area contributed by atoms with Gasteiger partial charge in [-0.2, -0.15) is 14.3 Å². The van der Waals surface area contributed by atoms with Crippen molar-refractivity contribution in [3.05, 3.63) is 49.2 Å². The minimum absolute atomic E-state index is 0.333. The minimum atomic E-state index is -3.46. The first kappa shape index (κ1) is 28.3. The van der Waals surface area contributed by atoms with E-state index in [4.69, 9.17) is 0 Å². The Bertz CT molecular complexity index is 1670. The van der Waals surface area contributed by atoms with Crippen LogP contribution in [0.2, 0.25) is 0 Å². The van der Waals surface area contributed by atoms with Crippen molar-refractivity contribution in [2.75, 3.05) is 31.3 Å². The highest BCUT2D eigenvalue weighted by Gasteiger charge is 2.38. The van der Waals surface area contributed by atoms with Crippen molar-refractivity contribution in [3.63, 3.8) is 0 Å². The van der Waals surface area contributed by atoms with Gasteiger partial charge in [0.1, 0.15) is 11.6 Å². The third kappa shape index (κ3) is 6.16. The van der Waals surface area contributed by atoms with Crippen LogP contribution in [-0.2, 0) is 17.1 Å². The monoisotopic (exact) mass is 590 g/mol. The Balaban J connectivity index is 1.22. The molecule has 2 saturated carbocycles. The minimum Gasteiger partial charge on any atom is -0.382 e. The zero-order valence-corrected chi connectivity index (χ0v) is 25.3. The Kier molecular flexibility index (Phi) is 7.48. The van der Waals surface area contributed by atoms with Gasteiger partial charge >= 0.3 is 0 Å². The van der Waals surface area contributed by atoms with E-state index < -0.39 is 10.0 Å². The van der Waals surface area contributed by atoms with E-state index in [1.54, 1.807) is 16.9 Å². The second kappa shape index (κ2) is 11.1.